The average Bonchev–Trinajstić information content (AvgIpc) is 3.51. The first kappa shape index (κ1) is 22.4. The van der Waals surface area contributed by atoms with Gasteiger partial charge in [-0.3, -0.25) is 14.0 Å². The fourth-order valence-corrected chi connectivity index (χ4v) is 4.50. The van der Waals surface area contributed by atoms with Gasteiger partial charge in [0.25, 0.3) is 5.91 Å². The predicted octanol–water partition coefficient (Wildman–Crippen LogP) is 4.43. The predicted molar refractivity (Wildman–Crippen MR) is 127 cm³/mol. The smallest absolute Gasteiger partial charge is 0.259 e. The molecule has 4 aromatic rings. The first-order chi connectivity index (χ1) is 17.0. The summed E-state index contributed by atoms with van der Waals surface area (Å²) in [5.41, 5.74) is 1.70. The maximum Gasteiger partial charge on any atom is 0.259 e. The molecule has 0 radical (unpaired) electrons. The molecule has 7 nitrogen and oxygen atoms in total. The van der Waals surface area contributed by atoms with Gasteiger partial charge < -0.3 is 10.2 Å². The Kier molecular flexibility index (Phi) is 5.82. The molecule has 1 saturated heterocycles. The Morgan fingerprint density at radius 2 is 1.97 bits per heavy atom. The van der Waals surface area contributed by atoms with Crippen molar-refractivity contribution < 1.29 is 18.4 Å². The van der Waals surface area contributed by atoms with Crippen molar-refractivity contribution in [2.45, 2.75) is 12.3 Å². The lowest BCUT2D eigenvalue weighted by Gasteiger charge is -2.13. The Balaban J connectivity index is 1.51. The molecule has 0 aliphatic carbocycles. The number of aromatic nitrogens is 3. The van der Waals surface area contributed by atoms with Crippen LogP contribution in [0.4, 0.5) is 14.6 Å². The number of carbonyl (C=O) groups excluding carboxylic acids is 2. The summed E-state index contributed by atoms with van der Waals surface area (Å²) < 4.78 is 32.1. The lowest BCUT2D eigenvalue weighted by Crippen LogP contribution is -2.26. The van der Waals surface area contributed by atoms with E-state index in [-0.39, 0.29) is 23.2 Å². The van der Waals surface area contributed by atoms with Crippen LogP contribution in [0.25, 0.3) is 16.8 Å². The van der Waals surface area contributed by atoms with E-state index in [0.29, 0.717) is 18.8 Å². The number of benzene rings is 1. The first-order valence-electron chi connectivity index (χ1n) is 11.0. The Morgan fingerprint density at radius 1 is 1.11 bits per heavy atom. The van der Waals surface area contributed by atoms with Crippen LogP contribution in [0.5, 0.6) is 0 Å². The summed E-state index contributed by atoms with van der Waals surface area (Å²) in [6.45, 7) is 4.65. The minimum atomic E-state index is -1.25. The minimum Gasteiger partial charge on any atom is -0.339 e. The van der Waals surface area contributed by atoms with Crippen molar-refractivity contribution in [3.8, 4) is 11.3 Å². The third-order valence-corrected chi connectivity index (χ3v) is 6.23. The summed E-state index contributed by atoms with van der Waals surface area (Å²) in [6, 6.07) is 11.1. The molecule has 3 aromatic heterocycles. The van der Waals surface area contributed by atoms with E-state index in [1.54, 1.807) is 45.8 Å². The normalized spacial score (nSPS) is 15.4. The second kappa shape index (κ2) is 9.09. The highest BCUT2D eigenvalue weighted by Gasteiger charge is 2.30. The summed E-state index contributed by atoms with van der Waals surface area (Å²) >= 11 is 0. The van der Waals surface area contributed by atoms with Crippen LogP contribution in [0.3, 0.4) is 0 Å². The van der Waals surface area contributed by atoms with E-state index in [4.69, 9.17) is 0 Å². The van der Waals surface area contributed by atoms with Gasteiger partial charge in [0.1, 0.15) is 5.82 Å². The molecule has 176 valence electrons. The molecule has 1 N–H and O–H groups in total. The number of hydrogen-bond acceptors (Lipinski definition) is 4. The van der Waals surface area contributed by atoms with E-state index in [9.17, 15) is 9.59 Å². The van der Waals surface area contributed by atoms with Crippen molar-refractivity contribution >= 4 is 23.1 Å². The minimum absolute atomic E-state index is 0.00292. The van der Waals surface area contributed by atoms with Crippen LogP contribution in [-0.4, -0.2) is 44.2 Å². The summed E-state index contributed by atoms with van der Waals surface area (Å²) in [5, 5.41) is 2.46. The molecule has 1 aromatic carbocycles. The number of halogens is 2. The van der Waals surface area contributed by atoms with Crippen LogP contribution in [-0.2, 0) is 4.79 Å². The number of nitrogens with zero attached hydrogens (tertiary/aromatic N) is 4. The highest BCUT2D eigenvalue weighted by atomic mass is 19.2. The molecule has 1 fully saturated rings. The van der Waals surface area contributed by atoms with E-state index >= 15 is 8.78 Å². The Labute approximate surface area is 199 Å². The second-order valence-corrected chi connectivity index (χ2v) is 8.25. The fourth-order valence-electron chi connectivity index (χ4n) is 4.50. The quantitative estimate of drug-likeness (QED) is 0.435. The van der Waals surface area contributed by atoms with Crippen molar-refractivity contribution in [3.05, 3.63) is 96.6 Å². The SMILES string of the molecule is C=CC(=O)N1CCC(c2cc(-c3ccc(C(=O)Nc4ccccn4)c(F)c3F)n3cnccc23)C1. The molecule has 2 amide bonds. The van der Waals surface area contributed by atoms with Crippen LogP contribution < -0.4 is 5.32 Å². The Hall–Kier alpha value is -4.40. The van der Waals surface area contributed by atoms with E-state index in [1.807, 2.05) is 0 Å². The molecular weight excluding hydrogens is 452 g/mol. The van der Waals surface area contributed by atoms with Crippen molar-refractivity contribution in [1.82, 2.24) is 19.3 Å². The topological polar surface area (TPSA) is 79.6 Å². The van der Waals surface area contributed by atoms with E-state index in [1.165, 1.54) is 30.7 Å². The Morgan fingerprint density at radius 3 is 2.74 bits per heavy atom. The molecule has 4 heterocycles. The van der Waals surface area contributed by atoms with Gasteiger partial charge in [-0.05, 0) is 54.5 Å². The van der Waals surface area contributed by atoms with Crippen LogP contribution in [0.2, 0.25) is 0 Å². The maximum absolute atomic E-state index is 15.3. The zero-order valence-electron chi connectivity index (χ0n) is 18.6. The fraction of sp³-hybridized carbons (Fsp3) is 0.154. The van der Waals surface area contributed by atoms with Gasteiger partial charge in [0.15, 0.2) is 11.6 Å². The van der Waals surface area contributed by atoms with Gasteiger partial charge in [-0.1, -0.05) is 12.6 Å². The number of fused-ring (bicyclic) bond motifs is 1. The van der Waals surface area contributed by atoms with Crippen LogP contribution in [0.15, 0.2) is 73.8 Å². The number of amides is 2. The van der Waals surface area contributed by atoms with Crippen molar-refractivity contribution in [2.24, 2.45) is 0 Å². The molecule has 1 unspecified atom stereocenters. The zero-order valence-corrected chi connectivity index (χ0v) is 18.6. The van der Waals surface area contributed by atoms with Crippen LogP contribution in [0, 0.1) is 11.6 Å². The molecule has 0 saturated carbocycles. The van der Waals surface area contributed by atoms with Gasteiger partial charge >= 0.3 is 0 Å². The third-order valence-electron chi connectivity index (χ3n) is 6.23. The highest BCUT2D eigenvalue weighted by Crippen LogP contribution is 2.36. The van der Waals surface area contributed by atoms with Gasteiger partial charge in [0.05, 0.1) is 23.1 Å². The summed E-state index contributed by atoms with van der Waals surface area (Å²) in [6.07, 6.45) is 6.68. The lowest BCUT2D eigenvalue weighted by atomic mass is 9.98. The molecule has 1 atom stereocenters. The van der Waals surface area contributed by atoms with E-state index in [0.717, 1.165) is 17.5 Å². The monoisotopic (exact) mass is 473 g/mol. The molecule has 1 aliphatic rings. The van der Waals surface area contributed by atoms with Crippen molar-refractivity contribution in [2.75, 3.05) is 18.4 Å². The Bertz CT molecular complexity index is 1450. The summed E-state index contributed by atoms with van der Waals surface area (Å²) in [4.78, 5) is 34.4. The molecule has 9 heteroatoms. The summed E-state index contributed by atoms with van der Waals surface area (Å²) in [7, 11) is 0. The number of pyridine rings is 1. The van der Waals surface area contributed by atoms with Gasteiger partial charge in [0, 0.05) is 37.0 Å². The van der Waals surface area contributed by atoms with E-state index in [2.05, 4.69) is 21.9 Å². The largest absolute Gasteiger partial charge is 0.339 e. The van der Waals surface area contributed by atoms with Gasteiger partial charge in [-0.2, -0.15) is 0 Å². The van der Waals surface area contributed by atoms with Crippen molar-refractivity contribution in [3.63, 3.8) is 0 Å². The standard InChI is InChI=1S/C26H21F2N5O2/c1-2-23(34)32-12-9-16(14-32)19-13-21(33-15-29-11-8-20(19)33)17-6-7-18(25(28)24(17)27)26(35)31-22-5-3-4-10-30-22/h2-8,10-11,13,15-16H,1,9,12,14H2,(H,30,31,35). The van der Waals surface area contributed by atoms with Gasteiger partial charge in [-0.15, -0.1) is 0 Å². The first-order valence-corrected chi connectivity index (χ1v) is 11.0. The number of likely N-dealkylation sites (tertiary alicyclic amines) is 1. The highest BCUT2D eigenvalue weighted by molar-refractivity contribution is 6.04. The second-order valence-electron chi connectivity index (χ2n) is 8.25. The van der Waals surface area contributed by atoms with Crippen LogP contribution >= 0.6 is 0 Å². The van der Waals surface area contributed by atoms with Crippen LogP contribution in [0.1, 0.15) is 28.3 Å². The molecule has 0 spiro atoms. The summed E-state index contributed by atoms with van der Waals surface area (Å²) in [5.74, 6) is -3.06. The number of nitrogens with one attached hydrogen (secondary N) is 1. The molecule has 35 heavy (non-hydrogen) atoms. The maximum atomic E-state index is 15.3. The van der Waals surface area contributed by atoms with E-state index < -0.39 is 23.1 Å². The zero-order chi connectivity index (χ0) is 24.5. The number of rotatable bonds is 5. The molecule has 1 aliphatic heterocycles. The van der Waals surface area contributed by atoms with Gasteiger partial charge in [0.2, 0.25) is 5.91 Å². The lowest BCUT2D eigenvalue weighted by molar-refractivity contribution is -0.125. The number of anilines is 1. The average molecular weight is 473 g/mol. The van der Waals surface area contributed by atoms with Crippen molar-refractivity contribution in [1.29, 1.82) is 0 Å². The third kappa shape index (κ3) is 4.05. The number of carbonyl (C=O) groups is 2. The number of hydrogen-bond donors (Lipinski definition) is 1. The van der Waals surface area contributed by atoms with Gasteiger partial charge in [-0.25, -0.2) is 18.7 Å². The molecule has 0 bridgehead atoms. The molecule has 5 rings (SSSR count). The molecular formula is C26H21F2N5O2.